The normalized spacial score (nSPS) is 29.0. The van der Waals surface area contributed by atoms with E-state index in [-0.39, 0.29) is 18.1 Å². The highest BCUT2D eigenvalue weighted by Crippen LogP contribution is 2.31. The predicted octanol–water partition coefficient (Wildman–Crippen LogP) is 0.938. The molecule has 132 valence electrons. The number of likely N-dealkylation sites (tertiary alicyclic amines) is 1. The summed E-state index contributed by atoms with van der Waals surface area (Å²) in [5.41, 5.74) is 0. The molecule has 0 aromatic carbocycles. The van der Waals surface area contributed by atoms with Crippen molar-refractivity contribution in [3.63, 3.8) is 0 Å². The van der Waals surface area contributed by atoms with Gasteiger partial charge in [-0.05, 0) is 26.3 Å². The number of carbonyl (C=O) groups is 1. The fourth-order valence-electron chi connectivity index (χ4n) is 4.50. The SMILES string of the molecule is CN1C[C@H](O)C[C@H]1c1nnc2n1CCN(C(=O)C1CCCCC1)C2. The lowest BCUT2D eigenvalue weighted by Gasteiger charge is -2.33. The molecule has 3 heterocycles. The Hall–Kier alpha value is -1.47. The molecule has 1 amide bonds. The second kappa shape index (κ2) is 6.44. The van der Waals surface area contributed by atoms with E-state index in [1.54, 1.807) is 0 Å². The zero-order chi connectivity index (χ0) is 16.7. The van der Waals surface area contributed by atoms with Gasteiger partial charge in [0.2, 0.25) is 5.91 Å². The van der Waals surface area contributed by atoms with E-state index in [9.17, 15) is 9.90 Å². The number of amides is 1. The number of β-amino-alcohol motifs (C(OH)–C–C–N with tert-alkyl or cyclic N) is 1. The van der Waals surface area contributed by atoms with Crippen LogP contribution in [0.5, 0.6) is 0 Å². The second-order valence-electron chi connectivity index (χ2n) is 7.57. The summed E-state index contributed by atoms with van der Waals surface area (Å²) in [5, 5.41) is 18.6. The van der Waals surface area contributed by atoms with Crippen molar-refractivity contribution >= 4 is 5.91 Å². The van der Waals surface area contributed by atoms with Gasteiger partial charge in [-0.2, -0.15) is 0 Å². The van der Waals surface area contributed by atoms with Crippen LogP contribution in [-0.4, -0.2) is 61.8 Å². The molecule has 1 saturated carbocycles. The number of carbonyl (C=O) groups excluding carboxylic acids is 1. The molecule has 1 aliphatic carbocycles. The van der Waals surface area contributed by atoms with Gasteiger partial charge in [0.05, 0.1) is 18.7 Å². The fourth-order valence-corrected chi connectivity index (χ4v) is 4.50. The van der Waals surface area contributed by atoms with Crippen LogP contribution >= 0.6 is 0 Å². The first kappa shape index (κ1) is 16.0. The van der Waals surface area contributed by atoms with Crippen LogP contribution in [0.3, 0.4) is 0 Å². The Bertz CT molecular complexity index is 610. The number of rotatable bonds is 2. The van der Waals surface area contributed by atoms with Gasteiger partial charge in [-0.3, -0.25) is 9.69 Å². The van der Waals surface area contributed by atoms with Gasteiger partial charge in [0.25, 0.3) is 0 Å². The molecule has 1 aromatic heterocycles. The van der Waals surface area contributed by atoms with Gasteiger partial charge >= 0.3 is 0 Å². The number of likely N-dealkylation sites (N-methyl/N-ethyl adjacent to an activating group) is 1. The van der Waals surface area contributed by atoms with Gasteiger partial charge in [0, 0.05) is 25.6 Å². The molecule has 0 unspecified atom stereocenters. The molecule has 24 heavy (non-hydrogen) atoms. The van der Waals surface area contributed by atoms with Gasteiger partial charge < -0.3 is 14.6 Å². The Morgan fingerprint density at radius 2 is 1.96 bits per heavy atom. The van der Waals surface area contributed by atoms with Crippen LogP contribution in [0, 0.1) is 5.92 Å². The fraction of sp³-hybridized carbons (Fsp3) is 0.824. The molecule has 2 fully saturated rings. The van der Waals surface area contributed by atoms with E-state index < -0.39 is 0 Å². The van der Waals surface area contributed by atoms with Crippen LogP contribution in [0.2, 0.25) is 0 Å². The van der Waals surface area contributed by atoms with E-state index in [4.69, 9.17) is 0 Å². The maximum Gasteiger partial charge on any atom is 0.226 e. The third-order valence-corrected chi connectivity index (χ3v) is 5.87. The number of nitrogens with zero attached hydrogens (tertiary/aromatic N) is 5. The van der Waals surface area contributed by atoms with Crippen molar-refractivity contribution in [2.45, 2.75) is 63.8 Å². The quantitative estimate of drug-likeness (QED) is 0.872. The first-order valence-electron chi connectivity index (χ1n) is 9.22. The zero-order valence-electron chi connectivity index (χ0n) is 14.4. The lowest BCUT2D eigenvalue weighted by atomic mass is 9.88. The summed E-state index contributed by atoms with van der Waals surface area (Å²) < 4.78 is 2.16. The molecular weight excluding hydrogens is 306 g/mol. The molecule has 0 bridgehead atoms. The number of hydrogen-bond acceptors (Lipinski definition) is 5. The molecule has 0 spiro atoms. The highest BCUT2D eigenvalue weighted by Gasteiger charge is 2.36. The summed E-state index contributed by atoms with van der Waals surface area (Å²) in [6.07, 6.45) is 6.13. The Kier molecular flexibility index (Phi) is 4.30. The van der Waals surface area contributed by atoms with Crippen LogP contribution in [0.25, 0.3) is 0 Å². The number of hydrogen-bond donors (Lipinski definition) is 1. The maximum atomic E-state index is 12.7. The maximum absolute atomic E-state index is 12.7. The lowest BCUT2D eigenvalue weighted by Crippen LogP contribution is -2.42. The summed E-state index contributed by atoms with van der Waals surface area (Å²) in [7, 11) is 2.02. The minimum atomic E-state index is -0.291. The van der Waals surface area contributed by atoms with E-state index in [1.807, 2.05) is 11.9 Å². The number of aromatic nitrogens is 3. The summed E-state index contributed by atoms with van der Waals surface area (Å²) in [6.45, 7) is 2.75. The molecule has 7 heteroatoms. The predicted molar refractivity (Wildman–Crippen MR) is 88.0 cm³/mol. The van der Waals surface area contributed by atoms with Crippen LogP contribution in [0.15, 0.2) is 0 Å². The Labute approximate surface area is 142 Å². The zero-order valence-corrected chi connectivity index (χ0v) is 14.4. The van der Waals surface area contributed by atoms with Crippen molar-refractivity contribution in [2.24, 2.45) is 5.92 Å². The molecule has 0 radical (unpaired) electrons. The molecule has 3 aliphatic rings. The molecule has 2 atom stereocenters. The first-order valence-corrected chi connectivity index (χ1v) is 9.22. The lowest BCUT2D eigenvalue weighted by molar-refractivity contribution is -0.138. The first-order chi connectivity index (χ1) is 11.6. The summed E-state index contributed by atoms with van der Waals surface area (Å²) in [4.78, 5) is 16.9. The van der Waals surface area contributed by atoms with Crippen LogP contribution in [0.1, 0.15) is 56.2 Å². The smallest absolute Gasteiger partial charge is 0.226 e. The van der Waals surface area contributed by atoms with E-state index in [0.717, 1.165) is 37.6 Å². The highest BCUT2D eigenvalue weighted by molar-refractivity contribution is 5.79. The van der Waals surface area contributed by atoms with Gasteiger partial charge in [0.15, 0.2) is 11.6 Å². The monoisotopic (exact) mass is 333 g/mol. The molecule has 4 rings (SSSR count). The van der Waals surface area contributed by atoms with Crippen molar-refractivity contribution in [2.75, 3.05) is 20.1 Å². The van der Waals surface area contributed by atoms with Crippen LogP contribution < -0.4 is 0 Å². The minimum Gasteiger partial charge on any atom is -0.392 e. The van der Waals surface area contributed by atoms with Gasteiger partial charge in [-0.25, -0.2) is 0 Å². The number of aliphatic hydroxyl groups is 1. The standard InChI is InChI=1S/C17H27N5O2/c1-20-10-13(23)9-14(20)16-19-18-15-11-21(7-8-22(15)16)17(24)12-5-3-2-4-6-12/h12-14,23H,2-11H2,1H3/t13-,14+/m1/s1. The van der Waals surface area contributed by atoms with Crippen molar-refractivity contribution in [1.82, 2.24) is 24.6 Å². The van der Waals surface area contributed by atoms with Gasteiger partial charge in [0.1, 0.15) is 0 Å². The summed E-state index contributed by atoms with van der Waals surface area (Å²) >= 11 is 0. The average molecular weight is 333 g/mol. The second-order valence-corrected chi connectivity index (χ2v) is 7.57. The Morgan fingerprint density at radius 3 is 2.67 bits per heavy atom. The van der Waals surface area contributed by atoms with Crippen LogP contribution in [0.4, 0.5) is 0 Å². The molecule has 1 N–H and O–H groups in total. The molecule has 1 saturated heterocycles. The molecule has 1 aromatic rings. The van der Waals surface area contributed by atoms with Crippen molar-refractivity contribution < 1.29 is 9.90 Å². The Balaban J connectivity index is 1.47. The Morgan fingerprint density at radius 1 is 1.17 bits per heavy atom. The van der Waals surface area contributed by atoms with E-state index >= 15 is 0 Å². The summed E-state index contributed by atoms with van der Waals surface area (Å²) in [5.74, 6) is 2.34. The molecule has 7 nitrogen and oxygen atoms in total. The number of aliphatic hydroxyl groups excluding tert-OH is 1. The van der Waals surface area contributed by atoms with Crippen molar-refractivity contribution in [3.05, 3.63) is 11.6 Å². The number of fused-ring (bicyclic) bond motifs is 1. The van der Waals surface area contributed by atoms with Gasteiger partial charge in [-0.1, -0.05) is 19.3 Å². The average Bonchev–Trinajstić information content (AvgIpc) is 3.16. The topological polar surface area (TPSA) is 74.5 Å². The van der Waals surface area contributed by atoms with Gasteiger partial charge in [-0.15, -0.1) is 10.2 Å². The molecular formula is C17H27N5O2. The van der Waals surface area contributed by atoms with E-state index in [1.165, 1.54) is 19.3 Å². The van der Waals surface area contributed by atoms with E-state index in [2.05, 4.69) is 19.7 Å². The van der Waals surface area contributed by atoms with Crippen molar-refractivity contribution in [1.29, 1.82) is 0 Å². The largest absolute Gasteiger partial charge is 0.392 e. The molecule has 2 aliphatic heterocycles. The highest BCUT2D eigenvalue weighted by atomic mass is 16.3. The van der Waals surface area contributed by atoms with Crippen LogP contribution in [-0.2, 0) is 17.9 Å². The minimum absolute atomic E-state index is 0.127. The third-order valence-electron chi connectivity index (χ3n) is 5.87. The van der Waals surface area contributed by atoms with E-state index in [0.29, 0.717) is 25.4 Å². The van der Waals surface area contributed by atoms with Crippen molar-refractivity contribution in [3.8, 4) is 0 Å². The third kappa shape index (κ3) is 2.84. The summed E-state index contributed by atoms with van der Waals surface area (Å²) in [6, 6.07) is 0.127.